The van der Waals surface area contributed by atoms with E-state index in [9.17, 15) is 9.59 Å². The van der Waals surface area contributed by atoms with Gasteiger partial charge in [0.2, 0.25) is 0 Å². The summed E-state index contributed by atoms with van der Waals surface area (Å²) in [6.07, 6.45) is 3.10. The number of rotatable bonds is 7. The molecule has 2 fully saturated rings. The third-order valence-electron chi connectivity index (χ3n) is 9.04. The topological polar surface area (TPSA) is 81.2 Å². The zero-order chi connectivity index (χ0) is 31.1. The Hall–Kier alpha value is -3.59. The van der Waals surface area contributed by atoms with Crippen molar-refractivity contribution < 1.29 is 23.8 Å². The lowest BCUT2D eigenvalue weighted by Crippen LogP contribution is -2.38. The van der Waals surface area contributed by atoms with Crippen molar-refractivity contribution in [3.8, 4) is 17.0 Å². The molecular formula is C35H43N3O5S. The highest BCUT2D eigenvalue weighted by Crippen LogP contribution is 2.59. The number of esters is 1. The number of para-hydroxylation sites is 1. The van der Waals surface area contributed by atoms with Crippen LogP contribution in [0.15, 0.2) is 41.8 Å². The van der Waals surface area contributed by atoms with Crippen LogP contribution in [0.25, 0.3) is 11.3 Å². The first-order valence-corrected chi connectivity index (χ1v) is 16.6. The third kappa shape index (κ3) is 6.29. The largest absolute Gasteiger partial charge is 0.488 e. The van der Waals surface area contributed by atoms with Crippen molar-refractivity contribution in [2.75, 3.05) is 37.7 Å². The summed E-state index contributed by atoms with van der Waals surface area (Å²) in [4.78, 5) is 34.3. The van der Waals surface area contributed by atoms with E-state index in [1.165, 1.54) is 11.1 Å². The molecule has 3 aliphatic rings. The summed E-state index contributed by atoms with van der Waals surface area (Å²) in [6.45, 7) is 13.5. The van der Waals surface area contributed by atoms with E-state index in [-0.39, 0.29) is 17.5 Å². The minimum atomic E-state index is -0.502. The van der Waals surface area contributed by atoms with Crippen molar-refractivity contribution in [2.24, 2.45) is 11.3 Å². The van der Waals surface area contributed by atoms with E-state index in [1.807, 2.05) is 38.7 Å². The minimum absolute atomic E-state index is 0.0247. The van der Waals surface area contributed by atoms with Crippen molar-refractivity contribution in [2.45, 2.75) is 72.5 Å². The number of ether oxygens (including phenoxy) is 3. The SMILES string of the molecule is CCOC(=O)[C@@]12CCN(c3nc(-c4cccc(C)c4OCc4ccc5c(c4)CCN(C(=O)OC(C)(C)C)CC5)cs3)CC1C2. The van der Waals surface area contributed by atoms with Crippen molar-refractivity contribution in [1.82, 2.24) is 9.88 Å². The first-order valence-electron chi connectivity index (χ1n) is 15.8. The Morgan fingerprint density at radius 2 is 1.89 bits per heavy atom. The maximum absolute atomic E-state index is 12.7. The molecule has 6 rings (SSSR count). The summed E-state index contributed by atoms with van der Waals surface area (Å²) in [5, 5.41) is 3.10. The second kappa shape index (κ2) is 12.1. The number of fused-ring (bicyclic) bond motifs is 2. The maximum atomic E-state index is 12.7. The fourth-order valence-electron chi connectivity index (χ4n) is 6.53. The maximum Gasteiger partial charge on any atom is 0.410 e. The Labute approximate surface area is 264 Å². The minimum Gasteiger partial charge on any atom is -0.488 e. The van der Waals surface area contributed by atoms with Crippen LogP contribution in [0.1, 0.15) is 62.8 Å². The van der Waals surface area contributed by atoms with E-state index in [0.29, 0.717) is 32.2 Å². The van der Waals surface area contributed by atoms with Gasteiger partial charge in [-0.15, -0.1) is 11.3 Å². The number of thiazole rings is 1. The van der Waals surface area contributed by atoms with Crippen LogP contribution in [0.4, 0.5) is 9.93 Å². The molecule has 0 bridgehead atoms. The summed E-state index contributed by atoms with van der Waals surface area (Å²) < 4.78 is 17.5. The monoisotopic (exact) mass is 617 g/mol. The van der Waals surface area contributed by atoms with Crippen molar-refractivity contribution in [1.29, 1.82) is 0 Å². The molecule has 0 radical (unpaired) electrons. The molecule has 1 amide bonds. The van der Waals surface area contributed by atoms with Gasteiger partial charge in [0.25, 0.3) is 0 Å². The van der Waals surface area contributed by atoms with Crippen LogP contribution in [0.5, 0.6) is 5.75 Å². The number of hydrogen-bond acceptors (Lipinski definition) is 8. The number of piperidine rings is 1. The zero-order valence-corrected chi connectivity index (χ0v) is 27.3. The normalized spacial score (nSPS) is 21.2. The van der Waals surface area contributed by atoms with E-state index in [1.54, 1.807) is 11.3 Å². The summed E-state index contributed by atoms with van der Waals surface area (Å²) in [5.74, 6) is 1.17. The molecule has 1 aliphatic carbocycles. The molecule has 44 heavy (non-hydrogen) atoms. The molecule has 1 saturated heterocycles. The van der Waals surface area contributed by atoms with Gasteiger partial charge in [0.05, 0.1) is 17.7 Å². The summed E-state index contributed by atoms with van der Waals surface area (Å²) in [5.41, 5.74) is 5.83. The Bertz CT molecular complexity index is 1550. The Morgan fingerprint density at radius 1 is 1.09 bits per heavy atom. The fraction of sp³-hybridized carbons (Fsp3) is 0.514. The van der Waals surface area contributed by atoms with Crippen LogP contribution in [0.2, 0.25) is 0 Å². The Morgan fingerprint density at radius 3 is 2.64 bits per heavy atom. The van der Waals surface area contributed by atoms with Crippen LogP contribution >= 0.6 is 11.3 Å². The van der Waals surface area contributed by atoms with Crippen molar-refractivity contribution in [3.05, 3.63) is 64.0 Å². The van der Waals surface area contributed by atoms with Gasteiger partial charge in [0, 0.05) is 37.1 Å². The lowest BCUT2D eigenvalue weighted by atomic mass is 9.95. The van der Waals surface area contributed by atoms with Crippen molar-refractivity contribution in [3.63, 3.8) is 0 Å². The molecule has 2 atom stereocenters. The van der Waals surface area contributed by atoms with E-state index in [2.05, 4.69) is 47.5 Å². The first kappa shape index (κ1) is 30.4. The highest BCUT2D eigenvalue weighted by Gasteiger charge is 2.63. The number of aryl methyl sites for hydroxylation is 1. The Balaban J connectivity index is 1.11. The first-order chi connectivity index (χ1) is 21.1. The number of benzene rings is 2. The van der Waals surface area contributed by atoms with Gasteiger partial charge in [-0.1, -0.05) is 30.3 Å². The third-order valence-corrected chi connectivity index (χ3v) is 9.94. The van der Waals surface area contributed by atoms with Gasteiger partial charge in [-0.05, 0) is 94.5 Å². The van der Waals surface area contributed by atoms with E-state index >= 15 is 0 Å². The van der Waals surface area contributed by atoms with E-state index in [4.69, 9.17) is 19.2 Å². The number of carbonyl (C=O) groups excluding carboxylic acids is 2. The van der Waals surface area contributed by atoms with Gasteiger partial charge in [0.15, 0.2) is 5.13 Å². The number of nitrogens with zero attached hydrogens (tertiary/aromatic N) is 3. The molecule has 3 heterocycles. The molecule has 1 aromatic heterocycles. The van der Waals surface area contributed by atoms with Gasteiger partial charge in [-0.3, -0.25) is 4.79 Å². The van der Waals surface area contributed by atoms with Crippen molar-refractivity contribution >= 4 is 28.5 Å². The number of amides is 1. The molecule has 234 valence electrons. The van der Waals surface area contributed by atoms with Crippen LogP contribution in [-0.4, -0.2) is 60.3 Å². The van der Waals surface area contributed by atoms with Gasteiger partial charge >= 0.3 is 12.1 Å². The van der Waals surface area contributed by atoms with Gasteiger partial charge in [-0.2, -0.15) is 0 Å². The molecule has 3 aromatic rings. The van der Waals surface area contributed by atoms with Crippen LogP contribution in [0, 0.1) is 18.3 Å². The Kier molecular flexibility index (Phi) is 8.35. The molecule has 1 saturated carbocycles. The van der Waals surface area contributed by atoms with E-state index < -0.39 is 5.60 Å². The molecule has 0 spiro atoms. The number of anilines is 1. The molecule has 2 aliphatic heterocycles. The smallest absolute Gasteiger partial charge is 0.410 e. The number of carbonyl (C=O) groups is 2. The van der Waals surface area contributed by atoms with Crippen LogP contribution < -0.4 is 9.64 Å². The molecule has 8 nitrogen and oxygen atoms in total. The average Bonchev–Trinajstić information content (AvgIpc) is 3.60. The predicted octanol–water partition coefficient (Wildman–Crippen LogP) is 6.81. The molecule has 2 aromatic carbocycles. The highest BCUT2D eigenvalue weighted by atomic mass is 32.1. The molecule has 0 N–H and O–H groups in total. The van der Waals surface area contributed by atoms with Gasteiger partial charge in [0.1, 0.15) is 18.0 Å². The van der Waals surface area contributed by atoms with Crippen LogP contribution in [-0.2, 0) is 33.7 Å². The zero-order valence-electron chi connectivity index (χ0n) is 26.5. The van der Waals surface area contributed by atoms with Gasteiger partial charge < -0.3 is 24.0 Å². The quantitative estimate of drug-likeness (QED) is 0.269. The second-order valence-electron chi connectivity index (χ2n) is 13.3. The van der Waals surface area contributed by atoms with E-state index in [0.717, 1.165) is 72.0 Å². The lowest BCUT2D eigenvalue weighted by molar-refractivity contribution is -0.150. The highest BCUT2D eigenvalue weighted by molar-refractivity contribution is 7.14. The number of hydrogen-bond donors (Lipinski definition) is 0. The summed E-state index contributed by atoms with van der Waals surface area (Å²) in [7, 11) is 0. The second-order valence-corrected chi connectivity index (χ2v) is 14.1. The predicted molar refractivity (Wildman–Crippen MR) is 172 cm³/mol. The molecule has 1 unspecified atom stereocenters. The number of aromatic nitrogens is 1. The standard InChI is InChI=1S/C35H43N3O5S/c1-6-41-31(39)35-14-17-38(20-27(35)19-35)32-36-29(22-44-32)28-9-7-8-23(2)30(28)42-21-24-10-11-25-12-15-37(16-13-26(25)18-24)33(40)43-34(3,4)5/h7-11,18,22,27H,6,12-17,19-21H2,1-5H3/t27?,35-/m1/s1. The molecule has 9 heteroatoms. The fourth-order valence-corrected chi connectivity index (χ4v) is 7.39. The summed E-state index contributed by atoms with van der Waals surface area (Å²) in [6, 6.07) is 12.7. The molecular weight excluding hydrogens is 574 g/mol. The van der Waals surface area contributed by atoms with Crippen LogP contribution in [0.3, 0.4) is 0 Å². The average molecular weight is 618 g/mol. The summed E-state index contributed by atoms with van der Waals surface area (Å²) >= 11 is 1.65. The lowest BCUT2D eigenvalue weighted by Gasteiger charge is -2.30. The van der Waals surface area contributed by atoms with Gasteiger partial charge in [-0.25, -0.2) is 9.78 Å².